The zero-order chi connectivity index (χ0) is 15.4. The highest BCUT2D eigenvalue weighted by Gasteiger charge is 2.09. The van der Waals surface area contributed by atoms with Crippen LogP contribution in [0.1, 0.15) is 21.5 Å². The van der Waals surface area contributed by atoms with E-state index in [1.807, 2.05) is 12.1 Å². The molecular weight excluding hydrogens is 270 g/mol. The Kier molecular flexibility index (Phi) is 3.69. The Morgan fingerprint density at radius 3 is 2.52 bits per heavy atom. The van der Waals surface area contributed by atoms with Gasteiger partial charge in [0, 0.05) is 11.9 Å². The maximum Gasteiger partial charge on any atom is 0.337 e. The van der Waals surface area contributed by atoms with Gasteiger partial charge in [-0.1, -0.05) is 0 Å². The first-order valence-electron chi connectivity index (χ1n) is 5.75. The Labute approximate surface area is 119 Å². The first-order chi connectivity index (χ1) is 10.0. The Bertz CT molecular complexity index is 802. The number of carboxylic acid groups (broad SMARTS) is 1. The number of anilines is 3. The van der Waals surface area contributed by atoms with Crippen LogP contribution in [0.3, 0.4) is 0 Å². The summed E-state index contributed by atoms with van der Waals surface area (Å²) >= 11 is 0. The zero-order valence-electron chi connectivity index (χ0n) is 10.7. The van der Waals surface area contributed by atoms with E-state index in [-0.39, 0.29) is 28.2 Å². The number of nitriles is 2. The molecule has 0 radical (unpaired) electrons. The molecule has 7 nitrogen and oxygen atoms in total. The summed E-state index contributed by atoms with van der Waals surface area (Å²) in [6.07, 6.45) is 1.18. The lowest BCUT2D eigenvalue weighted by molar-refractivity contribution is 0.0696. The van der Waals surface area contributed by atoms with Gasteiger partial charge in [-0.25, -0.2) is 9.78 Å². The fourth-order valence-electron chi connectivity index (χ4n) is 1.65. The Hall–Kier alpha value is -3.58. The van der Waals surface area contributed by atoms with Gasteiger partial charge in [0.15, 0.2) is 5.82 Å². The van der Waals surface area contributed by atoms with Crippen LogP contribution in [0.25, 0.3) is 0 Å². The number of hydrogen-bond acceptors (Lipinski definition) is 6. The predicted octanol–water partition coefficient (Wildman–Crippen LogP) is 1.85. The highest BCUT2D eigenvalue weighted by molar-refractivity contribution is 5.89. The summed E-state index contributed by atoms with van der Waals surface area (Å²) in [5.74, 6) is -0.848. The number of nitrogen functional groups attached to an aromatic ring is 1. The third-order valence-corrected chi connectivity index (χ3v) is 2.69. The first-order valence-corrected chi connectivity index (χ1v) is 5.75. The molecule has 0 saturated heterocycles. The third-order valence-electron chi connectivity index (χ3n) is 2.69. The van der Waals surface area contributed by atoms with Crippen LogP contribution in [0, 0.1) is 22.7 Å². The van der Waals surface area contributed by atoms with E-state index < -0.39 is 5.97 Å². The van der Waals surface area contributed by atoms with E-state index in [1.165, 1.54) is 24.4 Å². The SMILES string of the molecule is N#Cc1ccc(Nc2ncc(C(=O)O)cc2N)cc1C#N. The summed E-state index contributed by atoms with van der Waals surface area (Å²) in [6, 6.07) is 9.71. The van der Waals surface area contributed by atoms with Crippen LogP contribution in [0.4, 0.5) is 17.2 Å². The van der Waals surface area contributed by atoms with Crippen molar-refractivity contribution in [3.05, 3.63) is 47.2 Å². The van der Waals surface area contributed by atoms with Crippen molar-refractivity contribution in [1.29, 1.82) is 10.5 Å². The number of aromatic carboxylic acids is 1. The van der Waals surface area contributed by atoms with E-state index in [2.05, 4.69) is 10.3 Å². The van der Waals surface area contributed by atoms with Gasteiger partial charge in [-0.3, -0.25) is 0 Å². The van der Waals surface area contributed by atoms with Gasteiger partial charge in [0.05, 0.1) is 22.4 Å². The molecule has 102 valence electrons. The number of nitrogens with one attached hydrogen (secondary N) is 1. The molecule has 1 aromatic heterocycles. The third kappa shape index (κ3) is 2.88. The van der Waals surface area contributed by atoms with Crippen LogP contribution in [-0.2, 0) is 0 Å². The van der Waals surface area contributed by atoms with Gasteiger partial charge >= 0.3 is 5.97 Å². The Balaban J connectivity index is 2.33. The fraction of sp³-hybridized carbons (Fsp3) is 0. The van der Waals surface area contributed by atoms with Crippen molar-refractivity contribution in [2.75, 3.05) is 11.1 Å². The molecule has 0 saturated carbocycles. The molecule has 21 heavy (non-hydrogen) atoms. The smallest absolute Gasteiger partial charge is 0.337 e. The molecule has 0 unspecified atom stereocenters. The minimum Gasteiger partial charge on any atom is -0.478 e. The number of nitrogens with zero attached hydrogens (tertiary/aromatic N) is 3. The molecule has 0 spiro atoms. The maximum absolute atomic E-state index is 10.8. The van der Waals surface area contributed by atoms with Crippen molar-refractivity contribution >= 4 is 23.2 Å². The average Bonchev–Trinajstić information content (AvgIpc) is 2.48. The molecule has 0 bridgehead atoms. The highest BCUT2D eigenvalue weighted by atomic mass is 16.4. The van der Waals surface area contributed by atoms with E-state index in [9.17, 15) is 4.79 Å². The van der Waals surface area contributed by atoms with Crippen molar-refractivity contribution in [2.24, 2.45) is 0 Å². The minimum absolute atomic E-state index is 0.0180. The standard InChI is InChI=1S/C14H9N5O2/c15-5-8-1-2-11(3-9(8)6-16)19-13-12(17)4-10(7-18-13)14(20)21/h1-4,7H,17H2,(H,18,19)(H,20,21). The quantitative estimate of drug-likeness (QED) is 0.779. The predicted molar refractivity (Wildman–Crippen MR) is 74.8 cm³/mol. The molecule has 4 N–H and O–H groups in total. The summed E-state index contributed by atoms with van der Waals surface area (Å²) in [5.41, 5.74) is 6.89. The van der Waals surface area contributed by atoms with Crippen LogP contribution < -0.4 is 11.1 Å². The molecule has 2 aromatic rings. The monoisotopic (exact) mass is 279 g/mol. The van der Waals surface area contributed by atoms with Gasteiger partial charge in [0.1, 0.15) is 12.1 Å². The van der Waals surface area contributed by atoms with Crippen molar-refractivity contribution in [1.82, 2.24) is 4.98 Å². The van der Waals surface area contributed by atoms with Crippen LogP contribution in [0.15, 0.2) is 30.5 Å². The number of hydrogen-bond donors (Lipinski definition) is 3. The number of benzene rings is 1. The Morgan fingerprint density at radius 1 is 1.24 bits per heavy atom. The fourth-order valence-corrected chi connectivity index (χ4v) is 1.65. The maximum atomic E-state index is 10.8. The average molecular weight is 279 g/mol. The summed E-state index contributed by atoms with van der Waals surface area (Å²) in [5, 5.41) is 29.5. The molecule has 0 amide bonds. The van der Waals surface area contributed by atoms with Crippen LogP contribution in [0.5, 0.6) is 0 Å². The van der Waals surface area contributed by atoms with Gasteiger partial charge < -0.3 is 16.2 Å². The van der Waals surface area contributed by atoms with Crippen molar-refractivity contribution in [3.63, 3.8) is 0 Å². The second-order valence-electron chi connectivity index (χ2n) is 4.08. The van der Waals surface area contributed by atoms with Crippen LogP contribution in [-0.4, -0.2) is 16.1 Å². The van der Waals surface area contributed by atoms with E-state index in [0.717, 1.165) is 0 Å². The van der Waals surface area contributed by atoms with E-state index in [1.54, 1.807) is 6.07 Å². The van der Waals surface area contributed by atoms with Crippen molar-refractivity contribution in [3.8, 4) is 12.1 Å². The second kappa shape index (κ2) is 5.59. The second-order valence-corrected chi connectivity index (χ2v) is 4.08. The molecular formula is C14H9N5O2. The first kappa shape index (κ1) is 13.8. The van der Waals surface area contributed by atoms with Crippen molar-refractivity contribution in [2.45, 2.75) is 0 Å². The molecule has 2 rings (SSSR count). The summed E-state index contributed by atoms with van der Waals surface area (Å²) in [7, 11) is 0. The molecule has 0 aliphatic rings. The number of pyridine rings is 1. The van der Waals surface area contributed by atoms with Gasteiger partial charge in [0.2, 0.25) is 0 Å². The van der Waals surface area contributed by atoms with E-state index >= 15 is 0 Å². The largest absolute Gasteiger partial charge is 0.478 e. The van der Waals surface area contributed by atoms with Crippen LogP contribution >= 0.6 is 0 Å². The number of carbonyl (C=O) groups is 1. The van der Waals surface area contributed by atoms with Crippen LogP contribution in [0.2, 0.25) is 0 Å². The molecule has 0 aliphatic heterocycles. The Morgan fingerprint density at radius 2 is 1.95 bits per heavy atom. The topological polar surface area (TPSA) is 136 Å². The highest BCUT2D eigenvalue weighted by Crippen LogP contribution is 2.23. The van der Waals surface area contributed by atoms with E-state index in [4.69, 9.17) is 21.4 Å². The number of aromatic nitrogens is 1. The molecule has 1 aromatic carbocycles. The number of carboxylic acids is 1. The lowest BCUT2D eigenvalue weighted by Gasteiger charge is -2.09. The molecule has 0 aliphatic carbocycles. The van der Waals surface area contributed by atoms with Crippen molar-refractivity contribution < 1.29 is 9.90 Å². The molecule has 0 atom stereocenters. The minimum atomic E-state index is -1.12. The number of rotatable bonds is 3. The summed E-state index contributed by atoms with van der Waals surface area (Å²) in [4.78, 5) is 14.7. The lowest BCUT2D eigenvalue weighted by atomic mass is 10.1. The molecule has 7 heteroatoms. The number of nitrogens with two attached hydrogens (primary N) is 1. The van der Waals surface area contributed by atoms with Gasteiger partial charge in [-0.05, 0) is 24.3 Å². The van der Waals surface area contributed by atoms with Gasteiger partial charge in [0.25, 0.3) is 0 Å². The summed E-state index contributed by atoms with van der Waals surface area (Å²) < 4.78 is 0. The molecule has 0 fully saturated rings. The van der Waals surface area contributed by atoms with Gasteiger partial charge in [-0.2, -0.15) is 10.5 Å². The van der Waals surface area contributed by atoms with Gasteiger partial charge in [-0.15, -0.1) is 0 Å². The van der Waals surface area contributed by atoms with E-state index in [0.29, 0.717) is 5.69 Å². The zero-order valence-corrected chi connectivity index (χ0v) is 10.7. The normalized spacial score (nSPS) is 9.43. The molecule has 1 heterocycles. The summed E-state index contributed by atoms with van der Waals surface area (Å²) in [6.45, 7) is 0. The lowest BCUT2D eigenvalue weighted by Crippen LogP contribution is -2.04.